The van der Waals surface area contributed by atoms with Gasteiger partial charge in [0.05, 0.1) is 47.0 Å². The monoisotopic (exact) mass is 885 g/mol. The highest BCUT2D eigenvalue weighted by molar-refractivity contribution is 8.03. The number of nitro groups is 1. The summed E-state index contributed by atoms with van der Waals surface area (Å²) in [7, 11) is 0. The van der Waals surface area contributed by atoms with E-state index in [0.29, 0.717) is 62.6 Å². The molecule has 0 radical (unpaired) electrons. The summed E-state index contributed by atoms with van der Waals surface area (Å²) in [6.45, 7) is 8.93. The number of nitro benzene ring substituents is 1. The van der Waals surface area contributed by atoms with Crippen LogP contribution in [0.1, 0.15) is 53.7 Å². The Morgan fingerprint density at radius 2 is 1.74 bits per heavy atom. The molecule has 0 spiro atoms. The molecule has 2 N–H and O–H groups in total. The molecule has 0 aliphatic carbocycles. The van der Waals surface area contributed by atoms with E-state index in [0.717, 1.165) is 23.3 Å². The molecule has 0 atom stereocenters. The normalized spacial score (nSPS) is 11.0. The van der Waals surface area contributed by atoms with Crippen LogP contribution in [0.5, 0.6) is 17.4 Å². The molecule has 0 fully saturated rings. The average Bonchev–Trinajstić information content (AvgIpc) is 3.88. The second kappa shape index (κ2) is 20.9. The van der Waals surface area contributed by atoms with Crippen molar-refractivity contribution in [1.82, 2.24) is 25.3 Å². The van der Waals surface area contributed by atoms with Gasteiger partial charge in [0, 0.05) is 47.3 Å². The number of anilines is 1. The summed E-state index contributed by atoms with van der Waals surface area (Å²) in [5.41, 5.74) is 3.49. The second-order valence-corrected chi connectivity index (χ2v) is 16.9. The first-order chi connectivity index (χ1) is 29.5. The first-order valence-electron chi connectivity index (χ1n) is 19.3. The molecule has 2 aromatic heterocycles. The highest BCUT2D eigenvalue weighted by Gasteiger charge is 2.25. The van der Waals surface area contributed by atoms with Crippen molar-refractivity contribution in [3.8, 4) is 23.1 Å². The topological polar surface area (TPSA) is 201 Å². The number of phenolic OH excluding ortho intramolecular Hbond substituents is 1. The van der Waals surface area contributed by atoms with Gasteiger partial charge in [-0.05, 0) is 69.5 Å². The Labute approximate surface area is 363 Å². The molecule has 0 bridgehead atoms. The van der Waals surface area contributed by atoms with Crippen LogP contribution in [0.3, 0.4) is 0 Å². The van der Waals surface area contributed by atoms with Crippen LogP contribution in [0.2, 0.25) is 0 Å². The number of ether oxygens (including phenoxy) is 3. The largest absolute Gasteiger partial charge is 0.506 e. The maximum Gasteiger partial charge on any atom is 0.421 e. The van der Waals surface area contributed by atoms with Gasteiger partial charge < -0.3 is 24.6 Å². The molecule has 0 aliphatic heterocycles. The van der Waals surface area contributed by atoms with Crippen LogP contribution >= 0.6 is 34.9 Å². The number of phenols is 1. The van der Waals surface area contributed by atoms with Crippen molar-refractivity contribution in [2.45, 2.75) is 55.0 Å². The zero-order valence-corrected chi connectivity index (χ0v) is 36.2. The lowest BCUT2D eigenvalue weighted by Crippen LogP contribution is -2.34. The van der Waals surface area contributed by atoms with E-state index < -0.39 is 16.9 Å². The van der Waals surface area contributed by atoms with E-state index in [-0.39, 0.29) is 46.9 Å². The number of benzene rings is 4. The predicted molar refractivity (Wildman–Crippen MR) is 235 cm³/mol. The Balaban J connectivity index is 1.18. The minimum atomic E-state index is -0.765. The fourth-order valence-electron chi connectivity index (χ4n) is 6.10. The minimum absolute atomic E-state index is 0.0732. The standard InChI is InChI=1S/C42H43N7O9S3/c1-5-20-57-36(50)25-60-41-46-45-40(61-41)59-24-28-23-44-48(29-12-14-30(15-13-29)49(54)55)39(28)58-42(53)47(6-2)34-10-7-9-32-31(34)16-17-33(37(32)51)38(52)43-19-8-21-56-35-18-11-26(3)22-27(35)4/h7,9-18,22-23,51H,5-6,8,19-21,24-25H2,1-4H3,(H,43,52). The Kier molecular flexibility index (Phi) is 15.2. The third kappa shape index (κ3) is 11.2. The average molecular weight is 886 g/mol. The second-order valence-electron chi connectivity index (χ2n) is 13.5. The Hall–Kier alpha value is -6.18. The van der Waals surface area contributed by atoms with Crippen LogP contribution in [-0.2, 0) is 15.3 Å². The van der Waals surface area contributed by atoms with E-state index in [1.807, 2.05) is 39.0 Å². The van der Waals surface area contributed by atoms with Crippen molar-refractivity contribution in [2.75, 3.05) is 37.0 Å². The number of fused-ring (bicyclic) bond motifs is 1. The van der Waals surface area contributed by atoms with E-state index in [1.54, 1.807) is 31.2 Å². The summed E-state index contributed by atoms with van der Waals surface area (Å²) < 4.78 is 19.7. The number of nitrogens with zero attached hydrogens (tertiary/aromatic N) is 6. The lowest BCUT2D eigenvalue weighted by atomic mass is 10.0. The molecule has 61 heavy (non-hydrogen) atoms. The molecule has 16 nitrogen and oxygen atoms in total. The molecule has 2 amide bonds. The Morgan fingerprint density at radius 3 is 2.46 bits per heavy atom. The van der Waals surface area contributed by atoms with E-state index in [4.69, 9.17) is 14.2 Å². The number of carbonyl (C=O) groups excluding carboxylic acids is 3. The predicted octanol–water partition coefficient (Wildman–Crippen LogP) is 8.67. The molecule has 6 rings (SSSR count). The number of thioether (sulfide) groups is 2. The first-order valence-corrected chi connectivity index (χ1v) is 22.0. The number of carbonyl (C=O) groups is 3. The van der Waals surface area contributed by atoms with Crippen LogP contribution in [-0.4, -0.2) is 80.0 Å². The van der Waals surface area contributed by atoms with Crippen LogP contribution in [0, 0.1) is 24.0 Å². The van der Waals surface area contributed by atoms with Crippen molar-refractivity contribution >= 4 is 75.0 Å². The number of esters is 1. The van der Waals surface area contributed by atoms with E-state index >= 15 is 0 Å². The number of amides is 2. The van der Waals surface area contributed by atoms with Crippen LogP contribution in [0.15, 0.2) is 87.7 Å². The van der Waals surface area contributed by atoms with Crippen LogP contribution in [0.25, 0.3) is 16.5 Å². The molecule has 19 heteroatoms. The number of rotatable bonds is 19. The molecule has 2 heterocycles. The van der Waals surface area contributed by atoms with Gasteiger partial charge >= 0.3 is 12.1 Å². The number of non-ortho nitro benzene ring substituents is 1. The minimum Gasteiger partial charge on any atom is -0.506 e. The summed E-state index contributed by atoms with van der Waals surface area (Å²) in [5.74, 6) is 0.196. The molecule has 0 saturated carbocycles. The van der Waals surface area contributed by atoms with Gasteiger partial charge in [-0.15, -0.1) is 10.2 Å². The fourth-order valence-corrected chi connectivity index (χ4v) is 8.87. The first kappa shape index (κ1) is 44.4. The number of aromatic nitrogens is 4. The molecular formula is C42H43N7O9S3. The lowest BCUT2D eigenvalue weighted by Gasteiger charge is -2.23. The number of hydrogen-bond acceptors (Lipinski definition) is 15. The van der Waals surface area contributed by atoms with Gasteiger partial charge in [0.2, 0.25) is 5.88 Å². The SMILES string of the molecule is CCCOC(=O)CSc1nnc(SCc2cnn(-c3ccc([N+](=O)[O-])cc3)c2OC(=O)N(CC)c2cccc3c(O)c(C(=O)NCCCOc4ccc(C)cc4C)ccc23)s1. The van der Waals surface area contributed by atoms with Gasteiger partial charge in [0.1, 0.15) is 11.5 Å². The van der Waals surface area contributed by atoms with Gasteiger partial charge in [-0.2, -0.15) is 5.10 Å². The molecule has 0 unspecified atom stereocenters. The molecule has 318 valence electrons. The zero-order valence-electron chi connectivity index (χ0n) is 33.8. The number of hydrogen-bond donors (Lipinski definition) is 2. The third-order valence-electron chi connectivity index (χ3n) is 9.08. The summed E-state index contributed by atoms with van der Waals surface area (Å²) >= 11 is 3.85. The fraction of sp³-hybridized carbons (Fsp3) is 0.286. The van der Waals surface area contributed by atoms with Gasteiger partial charge in [0.15, 0.2) is 8.68 Å². The van der Waals surface area contributed by atoms with Gasteiger partial charge in [-0.1, -0.05) is 77.7 Å². The Morgan fingerprint density at radius 1 is 0.967 bits per heavy atom. The van der Waals surface area contributed by atoms with E-state index in [9.17, 15) is 29.6 Å². The number of aromatic hydroxyl groups is 1. The van der Waals surface area contributed by atoms with E-state index in [2.05, 4.69) is 20.6 Å². The molecule has 0 saturated heterocycles. The lowest BCUT2D eigenvalue weighted by molar-refractivity contribution is -0.384. The Bertz CT molecular complexity index is 2530. The summed E-state index contributed by atoms with van der Waals surface area (Å²) in [6.07, 6.45) is 2.05. The molecular weight excluding hydrogens is 843 g/mol. The van der Waals surface area contributed by atoms with Crippen LogP contribution in [0.4, 0.5) is 16.2 Å². The van der Waals surface area contributed by atoms with Crippen molar-refractivity contribution in [3.63, 3.8) is 0 Å². The van der Waals surface area contributed by atoms with Gasteiger partial charge in [-0.25, -0.2) is 9.48 Å². The summed E-state index contributed by atoms with van der Waals surface area (Å²) in [4.78, 5) is 51.5. The molecule has 0 aliphatic rings. The quantitative estimate of drug-likeness (QED) is 0.0257. The highest BCUT2D eigenvalue weighted by atomic mass is 32.2. The van der Waals surface area contributed by atoms with Crippen molar-refractivity contribution in [2.24, 2.45) is 0 Å². The van der Waals surface area contributed by atoms with Crippen molar-refractivity contribution in [1.29, 1.82) is 0 Å². The zero-order chi connectivity index (χ0) is 43.5. The van der Waals surface area contributed by atoms with Crippen molar-refractivity contribution in [3.05, 3.63) is 111 Å². The third-order valence-corrected chi connectivity index (χ3v) is 12.3. The van der Waals surface area contributed by atoms with Crippen molar-refractivity contribution < 1.29 is 38.6 Å². The van der Waals surface area contributed by atoms with Gasteiger partial charge in [-0.3, -0.25) is 24.6 Å². The molecule has 4 aromatic carbocycles. The summed E-state index contributed by atoms with van der Waals surface area (Å²) in [5, 5.41) is 39.3. The van der Waals surface area contributed by atoms with Crippen LogP contribution < -0.4 is 19.7 Å². The summed E-state index contributed by atoms with van der Waals surface area (Å²) in [6, 6.07) is 19.8. The number of aryl methyl sites for hydroxylation is 2. The highest BCUT2D eigenvalue weighted by Crippen LogP contribution is 2.37. The number of nitrogens with one attached hydrogen (secondary N) is 1. The maximum atomic E-state index is 14.2. The van der Waals surface area contributed by atoms with Gasteiger partial charge in [0.25, 0.3) is 11.6 Å². The molecule has 6 aromatic rings. The maximum absolute atomic E-state index is 14.2. The van der Waals surface area contributed by atoms with E-state index in [1.165, 1.54) is 81.0 Å². The smallest absolute Gasteiger partial charge is 0.421 e.